The Bertz CT molecular complexity index is 1070. The first kappa shape index (κ1) is 19.4. The lowest BCUT2D eigenvalue weighted by atomic mass is 9.96. The monoisotopic (exact) mass is 413 g/mol. The standard InChI is InChI=1S/C21H23N3O4S/c1-2-28-18-11-5-4-10-17(18)22-21(25)15-8-7-13-24(14-15)20-16-9-3-6-12-19(16)29(26,27)23-20/h3-6,9-12,15H,2,7-8,13-14H2,1H3,(H,22,25)/t15-/m1/s1. The number of amides is 1. The third-order valence-electron chi connectivity index (χ3n) is 5.15. The molecule has 0 bridgehead atoms. The van der Waals surface area contributed by atoms with Crippen LogP contribution in [0, 0.1) is 5.92 Å². The van der Waals surface area contributed by atoms with Crippen LogP contribution in [0.5, 0.6) is 5.75 Å². The maximum atomic E-state index is 12.9. The summed E-state index contributed by atoms with van der Waals surface area (Å²) in [6, 6.07) is 14.2. The van der Waals surface area contributed by atoms with Crippen molar-refractivity contribution >= 4 is 27.5 Å². The lowest BCUT2D eigenvalue weighted by Crippen LogP contribution is -2.43. The van der Waals surface area contributed by atoms with E-state index < -0.39 is 10.0 Å². The van der Waals surface area contributed by atoms with Crippen molar-refractivity contribution in [1.29, 1.82) is 0 Å². The molecule has 0 unspecified atom stereocenters. The van der Waals surface area contributed by atoms with E-state index in [0.717, 1.165) is 12.8 Å². The van der Waals surface area contributed by atoms with Gasteiger partial charge in [-0.3, -0.25) is 4.79 Å². The van der Waals surface area contributed by atoms with Crippen LogP contribution in [0.1, 0.15) is 25.3 Å². The zero-order chi connectivity index (χ0) is 20.4. The average Bonchev–Trinajstić information content (AvgIpc) is 3.01. The molecular weight excluding hydrogens is 390 g/mol. The van der Waals surface area contributed by atoms with Crippen molar-refractivity contribution in [3.05, 3.63) is 54.1 Å². The minimum absolute atomic E-state index is 0.100. The summed E-state index contributed by atoms with van der Waals surface area (Å²) in [4.78, 5) is 15.0. The predicted molar refractivity (Wildman–Crippen MR) is 111 cm³/mol. The molecule has 0 aromatic heterocycles. The Hall–Kier alpha value is -2.87. The number of hydrogen-bond acceptors (Lipinski definition) is 5. The smallest absolute Gasteiger partial charge is 0.285 e. The van der Waals surface area contributed by atoms with Crippen LogP contribution in [0.15, 0.2) is 57.8 Å². The molecule has 7 nitrogen and oxygen atoms in total. The number of para-hydroxylation sites is 2. The number of nitrogens with one attached hydrogen (secondary N) is 1. The van der Waals surface area contributed by atoms with E-state index in [-0.39, 0.29) is 16.7 Å². The van der Waals surface area contributed by atoms with Crippen molar-refractivity contribution in [1.82, 2.24) is 4.90 Å². The summed E-state index contributed by atoms with van der Waals surface area (Å²) in [6.07, 6.45) is 1.52. The van der Waals surface area contributed by atoms with Crippen LogP contribution in [-0.2, 0) is 14.8 Å². The Morgan fingerprint density at radius 3 is 2.79 bits per heavy atom. The van der Waals surface area contributed by atoms with Gasteiger partial charge in [0.25, 0.3) is 10.0 Å². The molecule has 152 valence electrons. The Kier molecular flexibility index (Phi) is 5.27. The van der Waals surface area contributed by atoms with Gasteiger partial charge >= 0.3 is 0 Å². The quantitative estimate of drug-likeness (QED) is 0.833. The summed E-state index contributed by atoms with van der Waals surface area (Å²) < 4.78 is 34.3. The molecule has 0 spiro atoms. The highest BCUT2D eigenvalue weighted by Crippen LogP contribution is 2.30. The second-order valence-corrected chi connectivity index (χ2v) is 8.66. The van der Waals surface area contributed by atoms with E-state index in [1.54, 1.807) is 24.3 Å². The molecule has 1 saturated heterocycles. The zero-order valence-corrected chi connectivity index (χ0v) is 17.0. The van der Waals surface area contributed by atoms with Crippen LogP contribution in [0.25, 0.3) is 0 Å². The molecule has 2 aliphatic rings. The van der Waals surface area contributed by atoms with Crippen LogP contribution >= 0.6 is 0 Å². The second-order valence-electron chi connectivity index (χ2n) is 7.09. The zero-order valence-electron chi connectivity index (χ0n) is 16.2. The highest BCUT2D eigenvalue weighted by molar-refractivity contribution is 7.90. The van der Waals surface area contributed by atoms with Gasteiger partial charge in [-0.1, -0.05) is 24.3 Å². The summed E-state index contributed by atoms with van der Waals surface area (Å²) in [7, 11) is -3.67. The van der Waals surface area contributed by atoms with Crippen molar-refractivity contribution in [2.45, 2.75) is 24.7 Å². The number of sulfonamides is 1. The van der Waals surface area contributed by atoms with Gasteiger partial charge in [0.05, 0.1) is 18.2 Å². The van der Waals surface area contributed by atoms with Crippen molar-refractivity contribution in [3.63, 3.8) is 0 Å². The number of fused-ring (bicyclic) bond motifs is 1. The molecule has 1 amide bonds. The van der Waals surface area contributed by atoms with Crippen LogP contribution in [0.3, 0.4) is 0 Å². The third kappa shape index (κ3) is 3.85. The number of carbonyl (C=O) groups is 1. The summed E-state index contributed by atoms with van der Waals surface area (Å²) >= 11 is 0. The number of nitrogens with zero attached hydrogens (tertiary/aromatic N) is 2. The first-order chi connectivity index (χ1) is 14.0. The molecule has 0 saturated carbocycles. The lowest BCUT2D eigenvalue weighted by Gasteiger charge is -2.33. The number of piperidine rings is 1. The number of amidine groups is 1. The highest BCUT2D eigenvalue weighted by atomic mass is 32.2. The Labute approximate surface area is 170 Å². The number of rotatable bonds is 4. The molecule has 4 rings (SSSR count). The van der Waals surface area contributed by atoms with Crippen molar-refractivity contribution in [2.75, 3.05) is 25.0 Å². The molecule has 2 aromatic carbocycles. The maximum absolute atomic E-state index is 12.9. The summed E-state index contributed by atoms with van der Waals surface area (Å²) in [6.45, 7) is 3.50. The summed E-state index contributed by atoms with van der Waals surface area (Å²) in [5, 5.41) is 2.96. The summed E-state index contributed by atoms with van der Waals surface area (Å²) in [5.41, 5.74) is 1.25. The van der Waals surface area contributed by atoms with Crippen LogP contribution in [-0.4, -0.2) is 44.8 Å². The fraction of sp³-hybridized carbons (Fsp3) is 0.333. The van der Waals surface area contributed by atoms with E-state index in [9.17, 15) is 13.2 Å². The molecule has 2 aromatic rings. The predicted octanol–water partition coefficient (Wildman–Crippen LogP) is 2.88. The number of carbonyl (C=O) groups excluding carboxylic acids is 1. The normalized spacial score (nSPS) is 20.0. The minimum Gasteiger partial charge on any atom is -0.492 e. The number of anilines is 1. The summed E-state index contributed by atoms with van der Waals surface area (Å²) in [5.74, 6) is 0.706. The first-order valence-electron chi connectivity index (χ1n) is 9.71. The number of ether oxygens (including phenoxy) is 1. The van der Waals surface area contributed by atoms with Gasteiger partial charge in [-0.15, -0.1) is 4.40 Å². The highest BCUT2D eigenvalue weighted by Gasteiger charge is 2.35. The topological polar surface area (TPSA) is 88.1 Å². The Balaban J connectivity index is 1.52. The van der Waals surface area contributed by atoms with Gasteiger partial charge in [0.1, 0.15) is 10.6 Å². The number of benzene rings is 2. The molecule has 1 fully saturated rings. The molecule has 0 aliphatic carbocycles. The largest absolute Gasteiger partial charge is 0.492 e. The lowest BCUT2D eigenvalue weighted by molar-refractivity contribution is -0.121. The van der Waals surface area contributed by atoms with Gasteiger partial charge in [0, 0.05) is 18.7 Å². The van der Waals surface area contributed by atoms with Crippen LogP contribution in [0.4, 0.5) is 5.69 Å². The average molecular weight is 413 g/mol. The molecule has 0 radical (unpaired) electrons. The van der Waals surface area contributed by atoms with Gasteiger partial charge in [0.2, 0.25) is 5.91 Å². The van der Waals surface area contributed by atoms with Gasteiger partial charge < -0.3 is 15.0 Å². The SMILES string of the molecule is CCOc1ccccc1NC(=O)[C@@H]1CCCN(C2=NS(=O)(=O)c3ccccc32)C1. The van der Waals surface area contributed by atoms with E-state index >= 15 is 0 Å². The van der Waals surface area contributed by atoms with Crippen molar-refractivity contribution in [3.8, 4) is 5.75 Å². The molecule has 8 heteroatoms. The van der Waals surface area contributed by atoms with Crippen molar-refractivity contribution in [2.24, 2.45) is 10.3 Å². The second kappa shape index (κ2) is 7.87. The maximum Gasteiger partial charge on any atom is 0.285 e. The Morgan fingerprint density at radius 1 is 1.21 bits per heavy atom. The molecule has 2 heterocycles. The van der Waals surface area contributed by atoms with Crippen LogP contribution < -0.4 is 10.1 Å². The Morgan fingerprint density at radius 2 is 1.97 bits per heavy atom. The first-order valence-corrected chi connectivity index (χ1v) is 11.2. The van der Waals surface area contributed by atoms with E-state index in [1.807, 2.05) is 36.1 Å². The van der Waals surface area contributed by atoms with Gasteiger partial charge in [0.15, 0.2) is 5.84 Å². The van der Waals surface area contributed by atoms with Crippen molar-refractivity contribution < 1.29 is 17.9 Å². The minimum atomic E-state index is -3.67. The fourth-order valence-electron chi connectivity index (χ4n) is 3.79. The van der Waals surface area contributed by atoms with E-state index in [4.69, 9.17) is 4.74 Å². The molecule has 29 heavy (non-hydrogen) atoms. The van der Waals surface area contributed by atoms with Gasteiger partial charge in [-0.05, 0) is 44.0 Å². The van der Waals surface area contributed by atoms with E-state index in [1.165, 1.54) is 0 Å². The fourth-order valence-corrected chi connectivity index (χ4v) is 5.01. The number of hydrogen-bond donors (Lipinski definition) is 1. The van der Waals surface area contributed by atoms with Gasteiger partial charge in [-0.2, -0.15) is 8.42 Å². The molecule has 1 N–H and O–H groups in total. The molecule has 2 aliphatic heterocycles. The molecule has 1 atom stereocenters. The number of likely N-dealkylation sites (tertiary alicyclic amines) is 1. The van der Waals surface area contributed by atoms with Gasteiger partial charge in [-0.25, -0.2) is 0 Å². The van der Waals surface area contributed by atoms with Crippen LogP contribution in [0.2, 0.25) is 0 Å². The van der Waals surface area contributed by atoms with E-state index in [0.29, 0.717) is 42.5 Å². The third-order valence-corrected chi connectivity index (χ3v) is 6.47. The molecular formula is C21H23N3O4S. The van der Waals surface area contributed by atoms with E-state index in [2.05, 4.69) is 9.71 Å².